The number of phenolic OH excluding ortho intramolecular Hbond substituents is 1. The van der Waals surface area contributed by atoms with Gasteiger partial charge in [0.2, 0.25) is 0 Å². The van der Waals surface area contributed by atoms with Crippen molar-refractivity contribution < 1.29 is 9.50 Å². The molecule has 3 heterocycles. The van der Waals surface area contributed by atoms with Crippen LogP contribution in [-0.2, 0) is 19.5 Å². The molecule has 1 aromatic heterocycles. The van der Waals surface area contributed by atoms with Gasteiger partial charge in [-0.3, -0.25) is 14.7 Å². The molecule has 2 N–H and O–H groups in total. The first-order valence-electron chi connectivity index (χ1n) is 9.06. The van der Waals surface area contributed by atoms with Gasteiger partial charge in [0.25, 0.3) is 5.56 Å². The fourth-order valence-corrected chi connectivity index (χ4v) is 3.85. The highest BCUT2D eigenvalue weighted by atomic mass is 35.5. The summed E-state index contributed by atoms with van der Waals surface area (Å²) in [6, 6.07) is 2.35. The molecule has 142 valence electrons. The Morgan fingerprint density at radius 2 is 2.15 bits per heavy atom. The number of hydrogen-bond donors (Lipinski definition) is 2. The van der Waals surface area contributed by atoms with Crippen molar-refractivity contribution in [3.63, 3.8) is 0 Å². The number of aromatic hydroxyl groups is 1. The highest BCUT2D eigenvalue weighted by molar-refractivity contribution is 6.32. The lowest BCUT2D eigenvalue weighted by Gasteiger charge is -2.28. The second-order valence-corrected chi connectivity index (χ2v) is 7.39. The van der Waals surface area contributed by atoms with Gasteiger partial charge in [0.1, 0.15) is 11.6 Å². The standard InChI is InChI=1S/C19H20ClFN4O2/c20-14-8-12(21)7-11(17(14)26)9-25-6-4-15-13(10-25)19(27)24-18(23-15)16-3-1-2-5-22-16/h7-8,26H,1-6,9-10H2,(H,23,24,27). The van der Waals surface area contributed by atoms with Gasteiger partial charge in [-0.15, -0.1) is 0 Å². The van der Waals surface area contributed by atoms with Crippen LogP contribution >= 0.6 is 11.6 Å². The molecule has 8 heteroatoms. The van der Waals surface area contributed by atoms with E-state index in [4.69, 9.17) is 11.6 Å². The molecule has 0 unspecified atom stereocenters. The van der Waals surface area contributed by atoms with E-state index < -0.39 is 5.82 Å². The molecule has 4 rings (SSSR count). The van der Waals surface area contributed by atoms with Crippen molar-refractivity contribution in [1.29, 1.82) is 0 Å². The molecular weight excluding hydrogens is 371 g/mol. The normalized spacial score (nSPS) is 17.5. The molecule has 27 heavy (non-hydrogen) atoms. The topological polar surface area (TPSA) is 81.6 Å². The van der Waals surface area contributed by atoms with Crippen LogP contribution < -0.4 is 5.56 Å². The van der Waals surface area contributed by atoms with Crippen molar-refractivity contribution >= 4 is 17.3 Å². The van der Waals surface area contributed by atoms with Crippen molar-refractivity contribution in [2.24, 2.45) is 4.99 Å². The lowest BCUT2D eigenvalue weighted by atomic mass is 10.0. The third-order valence-electron chi connectivity index (χ3n) is 5.05. The lowest BCUT2D eigenvalue weighted by Crippen LogP contribution is -2.36. The van der Waals surface area contributed by atoms with Crippen LogP contribution in [0, 0.1) is 5.82 Å². The van der Waals surface area contributed by atoms with Crippen LogP contribution in [0.4, 0.5) is 4.39 Å². The summed E-state index contributed by atoms with van der Waals surface area (Å²) < 4.78 is 13.6. The number of aromatic amines is 1. The fourth-order valence-electron chi connectivity index (χ4n) is 3.62. The maximum atomic E-state index is 13.6. The lowest BCUT2D eigenvalue weighted by molar-refractivity contribution is 0.238. The zero-order chi connectivity index (χ0) is 19.0. The molecule has 1 aromatic carbocycles. The number of halogens is 2. The Bertz CT molecular complexity index is 973. The number of rotatable bonds is 3. The third-order valence-corrected chi connectivity index (χ3v) is 5.33. The van der Waals surface area contributed by atoms with E-state index in [1.54, 1.807) is 0 Å². The van der Waals surface area contributed by atoms with Crippen molar-refractivity contribution in [1.82, 2.24) is 14.9 Å². The average molecular weight is 391 g/mol. The van der Waals surface area contributed by atoms with Crippen LogP contribution in [0.3, 0.4) is 0 Å². The Morgan fingerprint density at radius 1 is 1.30 bits per heavy atom. The number of aliphatic imine (C=N–C) groups is 1. The molecular formula is C19H20ClFN4O2. The molecule has 6 nitrogen and oxygen atoms in total. The van der Waals surface area contributed by atoms with E-state index in [2.05, 4.69) is 15.0 Å². The van der Waals surface area contributed by atoms with Gasteiger partial charge in [0.05, 0.1) is 22.0 Å². The molecule has 2 aliphatic rings. The molecule has 0 atom stereocenters. The number of fused-ring (bicyclic) bond motifs is 1. The zero-order valence-electron chi connectivity index (χ0n) is 14.8. The average Bonchev–Trinajstić information content (AvgIpc) is 2.67. The van der Waals surface area contributed by atoms with Gasteiger partial charge in [-0.25, -0.2) is 9.37 Å². The van der Waals surface area contributed by atoms with E-state index in [1.165, 1.54) is 6.07 Å². The Hall–Kier alpha value is -2.25. The first kappa shape index (κ1) is 18.1. The van der Waals surface area contributed by atoms with E-state index >= 15 is 0 Å². The first-order valence-corrected chi connectivity index (χ1v) is 9.44. The van der Waals surface area contributed by atoms with Crippen LogP contribution in [-0.4, -0.2) is 38.8 Å². The minimum atomic E-state index is -0.498. The highest BCUT2D eigenvalue weighted by Crippen LogP contribution is 2.30. The summed E-state index contributed by atoms with van der Waals surface area (Å²) in [7, 11) is 0. The van der Waals surface area contributed by atoms with Gasteiger partial charge in [-0.1, -0.05) is 11.6 Å². The van der Waals surface area contributed by atoms with Gasteiger partial charge in [0, 0.05) is 38.2 Å². The van der Waals surface area contributed by atoms with Gasteiger partial charge < -0.3 is 10.1 Å². The molecule has 0 fully saturated rings. The fraction of sp³-hybridized carbons (Fsp3) is 0.421. The Kier molecular flexibility index (Phi) is 4.97. The van der Waals surface area contributed by atoms with Crippen LogP contribution in [0.5, 0.6) is 5.75 Å². The van der Waals surface area contributed by atoms with Crippen molar-refractivity contribution in [3.05, 3.63) is 56.0 Å². The maximum Gasteiger partial charge on any atom is 0.255 e. The number of phenols is 1. The summed E-state index contributed by atoms with van der Waals surface area (Å²) in [5, 5.41) is 10.1. The number of H-pyrrole nitrogens is 1. The molecule has 2 aromatic rings. The predicted molar refractivity (Wildman–Crippen MR) is 101 cm³/mol. The largest absolute Gasteiger partial charge is 0.506 e. The molecule has 2 aliphatic heterocycles. The first-order chi connectivity index (χ1) is 13.0. The number of nitrogens with zero attached hydrogens (tertiary/aromatic N) is 3. The molecule has 0 amide bonds. The van der Waals surface area contributed by atoms with E-state index in [0.717, 1.165) is 43.3 Å². The maximum absolute atomic E-state index is 13.6. The number of aromatic nitrogens is 2. The number of nitrogens with one attached hydrogen (secondary N) is 1. The van der Waals surface area contributed by atoms with Gasteiger partial charge in [-0.2, -0.15) is 0 Å². The van der Waals surface area contributed by atoms with E-state index in [9.17, 15) is 14.3 Å². The highest BCUT2D eigenvalue weighted by Gasteiger charge is 2.24. The van der Waals surface area contributed by atoms with Crippen LogP contribution in [0.25, 0.3) is 0 Å². The van der Waals surface area contributed by atoms with Gasteiger partial charge >= 0.3 is 0 Å². The number of hydrogen-bond acceptors (Lipinski definition) is 5. The number of benzene rings is 1. The van der Waals surface area contributed by atoms with Crippen LogP contribution in [0.15, 0.2) is 21.9 Å². The van der Waals surface area contributed by atoms with Crippen molar-refractivity contribution in [3.8, 4) is 5.75 Å². The summed E-state index contributed by atoms with van der Waals surface area (Å²) in [5.41, 5.74) is 2.53. The second-order valence-electron chi connectivity index (χ2n) is 6.98. The molecule has 0 saturated heterocycles. The Labute approximate surface area is 160 Å². The summed E-state index contributed by atoms with van der Waals surface area (Å²) >= 11 is 5.85. The van der Waals surface area contributed by atoms with E-state index in [0.29, 0.717) is 43.0 Å². The molecule has 0 saturated carbocycles. The predicted octanol–water partition coefficient (Wildman–Crippen LogP) is 2.80. The summed E-state index contributed by atoms with van der Waals surface area (Å²) in [4.78, 5) is 26.6. The van der Waals surface area contributed by atoms with Crippen molar-refractivity contribution in [2.75, 3.05) is 13.1 Å². The Balaban J connectivity index is 1.57. The monoisotopic (exact) mass is 390 g/mol. The molecule has 0 radical (unpaired) electrons. The van der Waals surface area contributed by atoms with Gasteiger partial charge in [-0.05, 0) is 31.4 Å². The molecule has 0 spiro atoms. The smallest absolute Gasteiger partial charge is 0.255 e. The summed E-state index contributed by atoms with van der Waals surface area (Å²) in [6.07, 6.45) is 3.59. The summed E-state index contributed by atoms with van der Waals surface area (Å²) in [5.74, 6) is -0.0364. The van der Waals surface area contributed by atoms with Gasteiger partial charge in [0.15, 0.2) is 5.82 Å². The minimum absolute atomic E-state index is 0.0141. The van der Waals surface area contributed by atoms with E-state index in [1.807, 2.05) is 4.90 Å². The second kappa shape index (κ2) is 7.40. The van der Waals surface area contributed by atoms with Crippen LogP contribution in [0.1, 0.15) is 41.9 Å². The molecule has 0 bridgehead atoms. The SMILES string of the molecule is O=c1[nH]c(C2=NCCCC2)nc2c1CN(Cc1cc(F)cc(Cl)c1O)CC2. The zero-order valence-corrected chi connectivity index (χ0v) is 15.5. The van der Waals surface area contributed by atoms with E-state index in [-0.39, 0.29) is 16.3 Å². The van der Waals surface area contributed by atoms with Crippen LogP contribution in [0.2, 0.25) is 5.02 Å². The summed E-state index contributed by atoms with van der Waals surface area (Å²) in [6.45, 7) is 2.13. The Morgan fingerprint density at radius 3 is 2.93 bits per heavy atom. The van der Waals surface area contributed by atoms with Crippen molar-refractivity contribution in [2.45, 2.75) is 38.8 Å². The third kappa shape index (κ3) is 3.75. The minimum Gasteiger partial charge on any atom is -0.506 e. The molecule has 0 aliphatic carbocycles. The quantitative estimate of drug-likeness (QED) is 0.844.